The van der Waals surface area contributed by atoms with Crippen LogP contribution in [0.25, 0.3) is 10.2 Å². The van der Waals surface area contributed by atoms with E-state index in [2.05, 4.69) is 4.98 Å². The summed E-state index contributed by atoms with van der Waals surface area (Å²) in [7, 11) is 0. The Morgan fingerprint density at radius 3 is 2.71 bits per heavy atom. The first-order chi connectivity index (χ1) is 16.4. The van der Waals surface area contributed by atoms with Crippen LogP contribution in [-0.4, -0.2) is 29.4 Å². The van der Waals surface area contributed by atoms with Gasteiger partial charge >= 0.3 is 0 Å². The molecule has 1 aliphatic rings. The van der Waals surface area contributed by atoms with Crippen LogP contribution >= 0.6 is 11.3 Å². The first-order valence-corrected chi connectivity index (χ1v) is 11.8. The summed E-state index contributed by atoms with van der Waals surface area (Å²) in [5.74, 6) is -0.292. The van der Waals surface area contributed by atoms with Gasteiger partial charge < -0.3 is 9.64 Å². The van der Waals surface area contributed by atoms with Crippen LogP contribution in [0.2, 0.25) is 0 Å². The minimum atomic E-state index is -0.642. The predicted octanol–water partition coefficient (Wildman–Crippen LogP) is 5.61. The minimum Gasteiger partial charge on any atom is -0.479 e. The Kier molecular flexibility index (Phi) is 5.75. The molecule has 2 heterocycles. The number of halogens is 1. The molecule has 1 atom stereocenters. The molecule has 1 unspecified atom stereocenters. The van der Waals surface area contributed by atoms with Crippen molar-refractivity contribution in [1.29, 1.82) is 0 Å². The number of carbonyl (C=O) groups is 2. The molecule has 172 valence electrons. The first-order valence-electron chi connectivity index (χ1n) is 10.9. The summed E-state index contributed by atoms with van der Waals surface area (Å²) in [5, 5.41) is 0.455. The Morgan fingerprint density at radius 1 is 1.15 bits per heavy atom. The molecule has 0 N–H and O–H groups in total. The van der Waals surface area contributed by atoms with Crippen LogP contribution in [0.3, 0.4) is 0 Å². The van der Waals surface area contributed by atoms with Crippen molar-refractivity contribution in [2.75, 3.05) is 16.3 Å². The number of ether oxygens (including phenoxy) is 1. The van der Waals surface area contributed by atoms with Crippen LogP contribution in [0.1, 0.15) is 18.9 Å². The highest BCUT2D eigenvalue weighted by molar-refractivity contribution is 7.22. The SMILES string of the molecule is Cc1ccc(N(C(=O)CCN2C(=O)C(C)Oc3ccccc32)c2nc3ccccc3s2)cc1F. The number of amides is 2. The molecule has 0 spiro atoms. The van der Waals surface area contributed by atoms with E-state index in [9.17, 15) is 14.0 Å². The van der Waals surface area contributed by atoms with Gasteiger partial charge in [-0.3, -0.25) is 14.5 Å². The number of aromatic nitrogens is 1. The van der Waals surface area contributed by atoms with Crippen molar-refractivity contribution >= 4 is 49.9 Å². The van der Waals surface area contributed by atoms with Gasteiger partial charge in [0.1, 0.15) is 11.6 Å². The van der Waals surface area contributed by atoms with Gasteiger partial charge in [0.15, 0.2) is 11.2 Å². The lowest BCUT2D eigenvalue weighted by molar-refractivity contribution is -0.125. The standard InChI is InChI=1S/C26H22FN3O3S/c1-16-11-12-18(15-19(16)27)30(26-28-20-7-3-6-10-23(20)34-26)24(31)13-14-29-21-8-4-5-9-22(21)33-17(2)25(29)32/h3-12,15,17H,13-14H2,1-2H3. The number of fused-ring (bicyclic) bond motifs is 2. The van der Waals surface area contributed by atoms with Crippen LogP contribution in [0.4, 0.5) is 20.9 Å². The summed E-state index contributed by atoms with van der Waals surface area (Å²) < 4.78 is 21.1. The highest BCUT2D eigenvalue weighted by atomic mass is 32.1. The van der Waals surface area contributed by atoms with E-state index in [1.54, 1.807) is 43.0 Å². The van der Waals surface area contributed by atoms with Crippen LogP contribution in [0.15, 0.2) is 66.7 Å². The van der Waals surface area contributed by atoms with Crippen LogP contribution in [-0.2, 0) is 9.59 Å². The highest BCUT2D eigenvalue weighted by Gasteiger charge is 2.32. The molecule has 0 saturated heterocycles. The number of hydrogen-bond donors (Lipinski definition) is 0. The topological polar surface area (TPSA) is 62.7 Å². The largest absolute Gasteiger partial charge is 0.479 e. The predicted molar refractivity (Wildman–Crippen MR) is 131 cm³/mol. The molecule has 1 aliphatic heterocycles. The van der Waals surface area contributed by atoms with Gasteiger partial charge in [-0.1, -0.05) is 41.7 Å². The van der Waals surface area contributed by atoms with Gasteiger partial charge in [0.25, 0.3) is 5.91 Å². The summed E-state index contributed by atoms with van der Waals surface area (Å²) in [6.45, 7) is 3.53. The van der Waals surface area contributed by atoms with Crippen molar-refractivity contribution in [3.8, 4) is 5.75 Å². The average Bonchev–Trinajstić information content (AvgIpc) is 3.25. The summed E-state index contributed by atoms with van der Waals surface area (Å²) in [5.41, 5.74) is 2.28. The normalized spacial score (nSPS) is 15.2. The minimum absolute atomic E-state index is 0.0260. The van der Waals surface area contributed by atoms with Gasteiger partial charge in [0.2, 0.25) is 5.91 Å². The van der Waals surface area contributed by atoms with E-state index in [-0.39, 0.29) is 24.8 Å². The quantitative estimate of drug-likeness (QED) is 0.376. The zero-order chi connectivity index (χ0) is 23.8. The van der Waals surface area contributed by atoms with E-state index in [4.69, 9.17) is 4.74 Å². The maximum Gasteiger partial charge on any atom is 0.267 e. The fourth-order valence-electron chi connectivity index (χ4n) is 3.95. The van der Waals surface area contributed by atoms with Crippen molar-refractivity contribution in [2.45, 2.75) is 26.4 Å². The molecular formula is C26H22FN3O3S. The molecule has 34 heavy (non-hydrogen) atoms. The Hall–Kier alpha value is -3.78. The van der Waals surface area contributed by atoms with Crippen molar-refractivity contribution in [3.63, 3.8) is 0 Å². The molecule has 0 saturated carbocycles. The lowest BCUT2D eigenvalue weighted by Crippen LogP contribution is -2.45. The number of benzene rings is 3. The summed E-state index contributed by atoms with van der Waals surface area (Å²) in [4.78, 5) is 34.0. The monoisotopic (exact) mass is 475 g/mol. The summed E-state index contributed by atoms with van der Waals surface area (Å²) in [6, 6.07) is 19.5. The number of rotatable bonds is 5. The molecule has 5 rings (SSSR count). The summed E-state index contributed by atoms with van der Waals surface area (Å²) >= 11 is 1.36. The number of hydrogen-bond acceptors (Lipinski definition) is 5. The van der Waals surface area contributed by atoms with Crippen molar-refractivity contribution in [3.05, 3.63) is 78.1 Å². The lowest BCUT2D eigenvalue weighted by Gasteiger charge is -2.33. The van der Waals surface area contributed by atoms with E-state index in [0.717, 1.165) is 10.2 Å². The van der Waals surface area contributed by atoms with Crippen molar-refractivity contribution < 1.29 is 18.7 Å². The molecule has 8 heteroatoms. The van der Waals surface area contributed by atoms with Gasteiger partial charge in [-0.25, -0.2) is 9.37 Å². The zero-order valence-corrected chi connectivity index (χ0v) is 19.5. The zero-order valence-electron chi connectivity index (χ0n) is 18.7. The summed E-state index contributed by atoms with van der Waals surface area (Å²) in [6.07, 6.45) is -0.616. The number of aryl methyl sites for hydroxylation is 1. The molecule has 0 aliphatic carbocycles. The molecule has 3 aromatic carbocycles. The van der Waals surface area contributed by atoms with Crippen LogP contribution in [0.5, 0.6) is 5.75 Å². The van der Waals surface area contributed by atoms with E-state index in [1.165, 1.54) is 22.3 Å². The third kappa shape index (κ3) is 4.01. The molecule has 6 nitrogen and oxygen atoms in total. The van der Waals surface area contributed by atoms with E-state index >= 15 is 0 Å². The maximum atomic E-state index is 14.4. The Labute approximate surface area is 200 Å². The van der Waals surface area contributed by atoms with Crippen molar-refractivity contribution in [2.24, 2.45) is 0 Å². The van der Waals surface area contributed by atoms with Gasteiger partial charge in [-0.2, -0.15) is 0 Å². The molecule has 4 aromatic rings. The smallest absolute Gasteiger partial charge is 0.267 e. The molecule has 0 bridgehead atoms. The maximum absolute atomic E-state index is 14.4. The van der Waals surface area contributed by atoms with Crippen LogP contribution < -0.4 is 14.5 Å². The van der Waals surface area contributed by atoms with E-state index < -0.39 is 11.9 Å². The second-order valence-electron chi connectivity index (χ2n) is 8.09. The molecule has 0 fully saturated rings. The Morgan fingerprint density at radius 2 is 1.91 bits per heavy atom. The number of anilines is 3. The number of para-hydroxylation sites is 3. The van der Waals surface area contributed by atoms with Gasteiger partial charge in [-0.05, 0) is 55.8 Å². The third-order valence-electron chi connectivity index (χ3n) is 5.76. The highest BCUT2D eigenvalue weighted by Crippen LogP contribution is 2.36. The van der Waals surface area contributed by atoms with E-state index in [0.29, 0.717) is 27.8 Å². The Bertz CT molecular complexity index is 1370. The Balaban J connectivity index is 1.47. The molecule has 2 amide bonds. The van der Waals surface area contributed by atoms with Gasteiger partial charge in [-0.15, -0.1) is 0 Å². The van der Waals surface area contributed by atoms with Crippen molar-refractivity contribution in [1.82, 2.24) is 4.98 Å². The second kappa shape index (κ2) is 8.87. The first kappa shape index (κ1) is 22.0. The average molecular weight is 476 g/mol. The third-order valence-corrected chi connectivity index (χ3v) is 6.78. The molecule has 0 radical (unpaired) electrons. The number of nitrogens with zero attached hydrogens (tertiary/aromatic N) is 3. The second-order valence-corrected chi connectivity index (χ2v) is 9.10. The fourth-order valence-corrected chi connectivity index (χ4v) is 4.95. The van der Waals surface area contributed by atoms with Gasteiger partial charge in [0, 0.05) is 13.0 Å². The van der Waals surface area contributed by atoms with E-state index in [1.807, 2.05) is 36.4 Å². The number of carbonyl (C=O) groups excluding carboxylic acids is 2. The molecular weight excluding hydrogens is 453 g/mol. The fraction of sp³-hybridized carbons (Fsp3) is 0.192. The van der Waals surface area contributed by atoms with Crippen LogP contribution in [0, 0.1) is 12.7 Å². The molecule has 1 aromatic heterocycles. The number of thiazole rings is 1. The van der Waals surface area contributed by atoms with Gasteiger partial charge in [0.05, 0.1) is 21.6 Å². The lowest BCUT2D eigenvalue weighted by atomic mass is 10.1.